The smallest absolute Gasteiger partial charge is 0.246 e. The number of carbonyl (C=O) groups is 1. The van der Waals surface area contributed by atoms with Crippen LogP contribution in [0.15, 0.2) is 60.4 Å². The van der Waals surface area contributed by atoms with Crippen LogP contribution in [0.1, 0.15) is 25.0 Å². The Labute approximate surface area is 181 Å². The molecule has 0 fully saturated rings. The average Bonchev–Trinajstić information content (AvgIpc) is 3.25. The SMILES string of the molecule is C=C(/C=C(\C)OCC)CN1C(=O)C2(COc3cc4c(cc32)OCCO4)c2ccccc21. The molecule has 5 rings (SSSR count). The Hall–Kier alpha value is -3.41. The molecular weight excluding hydrogens is 394 g/mol. The molecule has 1 unspecified atom stereocenters. The summed E-state index contributed by atoms with van der Waals surface area (Å²) < 4.78 is 23.0. The fourth-order valence-corrected chi connectivity index (χ4v) is 4.67. The molecule has 3 heterocycles. The molecule has 1 amide bonds. The summed E-state index contributed by atoms with van der Waals surface area (Å²) >= 11 is 0. The minimum atomic E-state index is -0.902. The van der Waals surface area contributed by atoms with Crippen molar-refractivity contribution in [2.75, 3.05) is 37.9 Å². The van der Waals surface area contributed by atoms with Gasteiger partial charge in [-0.1, -0.05) is 24.8 Å². The monoisotopic (exact) mass is 419 g/mol. The first-order chi connectivity index (χ1) is 15.0. The van der Waals surface area contributed by atoms with E-state index in [2.05, 4.69) is 6.58 Å². The highest BCUT2D eigenvalue weighted by Gasteiger charge is 2.57. The Morgan fingerprint density at radius 3 is 2.65 bits per heavy atom. The maximum atomic E-state index is 13.9. The second-order valence-corrected chi connectivity index (χ2v) is 7.94. The van der Waals surface area contributed by atoms with Crippen LogP contribution in [-0.4, -0.2) is 38.9 Å². The van der Waals surface area contributed by atoms with Crippen LogP contribution in [0.4, 0.5) is 5.69 Å². The number of hydrogen-bond acceptors (Lipinski definition) is 5. The lowest BCUT2D eigenvalue weighted by Gasteiger charge is -2.25. The number of rotatable bonds is 5. The minimum Gasteiger partial charge on any atom is -0.499 e. The summed E-state index contributed by atoms with van der Waals surface area (Å²) in [6, 6.07) is 11.6. The number of amides is 1. The lowest BCUT2D eigenvalue weighted by atomic mass is 9.77. The molecule has 1 atom stereocenters. The molecule has 1 spiro atoms. The number of hydrogen-bond donors (Lipinski definition) is 0. The van der Waals surface area contributed by atoms with Crippen LogP contribution in [0.2, 0.25) is 0 Å². The molecular formula is C25H25NO5. The van der Waals surface area contributed by atoms with Crippen molar-refractivity contribution in [3.05, 3.63) is 71.5 Å². The lowest BCUT2D eigenvalue weighted by molar-refractivity contribution is -0.122. The Morgan fingerprint density at radius 1 is 1.13 bits per heavy atom. The topological polar surface area (TPSA) is 57.2 Å². The van der Waals surface area contributed by atoms with Crippen LogP contribution in [-0.2, 0) is 14.9 Å². The van der Waals surface area contributed by atoms with Crippen LogP contribution in [0, 0.1) is 0 Å². The van der Waals surface area contributed by atoms with Crippen LogP contribution >= 0.6 is 0 Å². The maximum absolute atomic E-state index is 13.9. The van der Waals surface area contributed by atoms with Crippen molar-refractivity contribution in [1.29, 1.82) is 0 Å². The molecule has 2 aromatic rings. The van der Waals surface area contributed by atoms with Crippen LogP contribution < -0.4 is 19.1 Å². The van der Waals surface area contributed by atoms with Gasteiger partial charge in [0, 0.05) is 17.3 Å². The van der Waals surface area contributed by atoms with Crippen molar-refractivity contribution in [1.82, 2.24) is 0 Å². The van der Waals surface area contributed by atoms with Crippen molar-refractivity contribution in [2.24, 2.45) is 0 Å². The van der Waals surface area contributed by atoms with Crippen molar-refractivity contribution >= 4 is 11.6 Å². The standard InChI is InChI=1S/C25H25NO5/c1-4-28-17(3)11-16(2)14-26-20-8-6-5-7-18(20)25(24(26)27)15-31-21-13-23-22(12-19(21)25)29-9-10-30-23/h5-8,11-13H,2,4,9-10,14-15H2,1,3H3/b17-11+. The van der Waals surface area contributed by atoms with E-state index in [1.54, 1.807) is 4.90 Å². The number of ether oxygens (including phenoxy) is 4. The van der Waals surface area contributed by atoms with E-state index < -0.39 is 5.41 Å². The van der Waals surface area contributed by atoms with Gasteiger partial charge in [-0.15, -0.1) is 0 Å². The van der Waals surface area contributed by atoms with Gasteiger partial charge in [0.25, 0.3) is 0 Å². The van der Waals surface area contributed by atoms with E-state index in [0.29, 0.717) is 43.6 Å². The lowest BCUT2D eigenvalue weighted by Crippen LogP contribution is -2.43. The Morgan fingerprint density at radius 2 is 1.87 bits per heavy atom. The Kier molecular flexibility index (Phi) is 4.65. The van der Waals surface area contributed by atoms with Gasteiger partial charge in [-0.25, -0.2) is 0 Å². The van der Waals surface area contributed by atoms with Crippen molar-refractivity contribution < 1.29 is 23.7 Å². The molecule has 160 valence electrons. The predicted molar refractivity (Wildman–Crippen MR) is 117 cm³/mol. The number of nitrogens with zero attached hydrogens (tertiary/aromatic N) is 1. The molecule has 2 aromatic carbocycles. The first kappa shape index (κ1) is 19.5. The second kappa shape index (κ2) is 7.38. The Balaban J connectivity index is 1.56. The fourth-order valence-electron chi connectivity index (χ4n) is 4.67. The quantitative estimate of drug-likeness (QED) is 0.542. The first-order valence-electron chi connectivity index (χ1n) is 10.5. The molecule has 3 aliphatic rings. The van der Waals surface area contributed by atoms with Gasteiger partial charge in [0.05, 0.1) is 18.9 Å². The van der Waals surface area contributed by atoms with Gasteiger partial charge in [0.15, 0.2) is 11.5 Å². The third kappa shape index (κ3) is 2.97. The molecule has 0 saturated carbocycles. The molecule has 0 bridgehead atoms. The molecule has 0 saturated heterocycles. The van der Waals surface area contributed by atoms with Gasteiger partial charge < -0.3 is 23.8 Å². The van der Waals surface area contributed by atoms with E-state index >= 15 is 0 Å². The van der Waals surface area contributed by atoms with Gasteiger partial charge in [0.1, 0.15) is 31.0 Å². The van der Waals surface area contributed by atoms with E-state index in [1.165, 1.54) is 0 Å². The molecule has 0 aromatic heterocycles. The summed E-state index contributed by atoms with van der Waals surface area (Å²) in [5.74, 6) is 2.73. The molecule has 0 N–H and O–H groups in total. The summed E-state index contributed by atoms with van der Waals surface area (Å²) in [6.07, 6.45) is 1.88. The summed E-state index contributed by atoms with van der Waals surface area (Å²) in [4.78, 5) is 15.7. The summed E-state index contributed by atoms with van der Waals surface area (Å²) in [5, 5.41) is 0. The van der Waals surface area contributed by atoms with Crippen LogP contribution in [0.25, 0.3) is 0 Å². The highest BCUT2D eigenvalue weighted by molar-refractivity contribution is 6.11. The van der Waals surface area contributed by atoms with Gasteiger partial charge in [-0.05, 0) is 43.2 Å². The van der Waals surface area contributed by atoms with Gasteiger partial charge in [-0.2, -0.15) is 0 Å². The van der Waals surface area contributed by atoms with Crippen molar-refractivity contribution in [3.8, 4) is 17.2 Å². The summed E-state index contributed by atoms with van der Waals surface area (Å²) in [5.41, 5.74) is 2.53. The molecule has 31 heavy (non-hydrogen) atoms. The van der Waals surface area contributed by atoms with Crippen molar-refractivity contribution in [2.45, 2.75) is 19.3 Å². The highest BCUT2D eigenvalue weighted by Crippen LogP contribution is 2.54. The van der Waals surface area contributed by atoms with E-state index in [-0.39, 0.29) is 12.5 Å². The van der Waals surface area contributed by atoms with E-state index in [1.807, 2.05) is 56.3 Å². The van der Waals surface area contributed by atoms with Gasteiger partial charge >= 0.3 is 0 Å². The van der Waals surface area contributed by atoms with Crippen LogP contribution in [0.5, 0.6) is 17.2 Å². The average molecular weight is 419 g/mol. The van der Waals surface area contributed by atoms with Gasteiger partial charge in [-0.3, -0.25) is 4.79 Å². The molecule has 3 aliphatic heterocycles. The van der Waals surface area contributed by atoms with E-state index in [4.69, 9.17) is 18.9 Å². The normalized spacial score (nSPS) is 21.0. The number of carbonyl (C=O) groups excluding carboxylic acids is 1. The Bertz CT molecular complexity index is 1110. The summed E-state index contributed by atoms with van der Waals surface area (Å²) in [6.45, 7) is 10.2. The van der Waals surface area contributed by atoms with Crippen LogP contribution in [0.3, 0.4) is 0 Å². The number of anilines is 1. The molecule has 0 radical (unpaired) electrons. The zero-order valence-corrected chi connectivity index (χ0v) is 17.8. The maximum Gasteiger partial charge on any atom is 0.246 e. The largest absolute Gasteiger partial charge is 0.499 e. The molecule has 6 nitrogen and oxygen atoms in total. The fraction of sp³-hybridized carbons (Fsp3) is 0.320. The zero-order valence-electron chi connectivity index (χ0n) is 17.8. The number of benzene rings is 2. The first-order valence-corrected chi connectivity index (χ1v) is 10.5. The van der Waals surface area contributed by atoms with E-state index in [9.17, 15) is 4.79 Å². The molecule has 6 heteroatoms. The van der Waals surface area contributed by atoms with Crippen molar-refractivity contribution in [3.63, 3.8) is 0 Å². The minimum absolute atomic E-state index is 0.0206. The summed E-state index contributed by atoms with van der Waals surface area (Å²) in [7, 11) is 0. The molecule has 0 aliphatic carbocycles. The third-order valence-corrected chi connectivity index (χ3v) is 5.95. The number of fused-ring (bicyclic) bond motifs is 5. The number of allylic oxidation sites excluding steroid dienone is 1. The van der Waals surface area contributed by atoms with E-state index in [0.717, 1.165) is 28.1 Å². The highest BCUT2D eigenvalue weighted by atomic mass is 16.6. The second-order valence-electron chi connectivity index (χ2n) is 7.94. The third-order valence-electron chi connectivity index (χ3n) is 5.95. The number of para-hydroxylation sites is 1. The zero-order chi connectivity index (χ0) is 21.6. The van der Waals surface area contributed by atoms with Gasteiger partial charge in [0.2, 0.25) is 5.91 Å². The predicted octanol–water partition coefficient (Wildman–Crippen LogP) is 3.98.